The van der Waals surface area contributed by atoms with E-state index in [-0.39, 0.29) is 0 Å². The van der Waals surface area contributed by atoms with E-state index >= 15 is 0 Å². The molecule has 1 aromatic heterocycles. The fraction of sp³-hybridized carbons (Fsp3) is 0.0217. The number of para-hydroxylation sites is 3. The van der Waals surface area contributed by atoms with Crippen molar-refractivity contribution in [2.75, 3.05) is 4.90 Å². The maximum absolute atomic E-state index is 5.12. The van der Waals surface area contributed by atoms with Crippen LogP contribution in [0.4, 0.5) is 17.1 Å². The van der Waals surface area contributed by atoms with Crippen LogP contribution in [0.2, 0.25) is 0 Å². The molecule has 1 spiro atoms. The Hall–Kier alpha value is -6.65. The largest absolute Gasteiger partial charge is 0.310 e. The van der Waals surface area contributed by atoms with Crippen LogP contribution in [0.1, 0.15) is 22.3 Å². The maximum Gasteiger partial charge on any atom is 0.164 e. The van der Waals surface area contributed by atoms with Gasteiger partial charge in [-0.3, -0.25) is 0 Å². The van der Waals surface area contributed by atoms with Crippen LogP contribution in [0, 0.1) is 0 Å². The van der Waals surface area contributed by atoms with Gasteiger partial charge in [0.15, 0.2) is 17.5 Å². The lowest BCUT2D eigenvalue weighted by Gasteiger charge is -2.45. The first-order valence-electron chi connectivity index (χ1n) is 17.0. The molecule has 8 aromatic rings. The predicted molar refractivity (Wildman–Crippen MR) is 202 cm³/mol. The van der Waals surface area contributed by atoms with Crippen LogP contribution in [0.3, 0.4) is 0 Å². The Bertz CT molecular complexity index is 2440. The van der Waals surface area contributed by atoms with Crippen LogP contribution in [-0.2, 0) is 5.41 Å². The van der Waals surface area contributed by atoms with Crippen molar-refractivity contribution in [3.05, 3.63) is 204 Å². The summed E-state index contributed by atoms with van der Waals surface area (Å²) in [5.41, 5.74) is 13.3. The lowest BCUT2D eigenvalue weighted by molar-refractivity contribution is 0.753. The van der Waals surface area contributed by atoms with E-state index in [2.05, 4.69) is 150 Å². The van der Waals surface area contributed by atoms with Gasteiger partial charge >= 0.3 is 0 Å². The first-order valence-corrected chi connectivity index (χ1v) is 17.0. The Morgan fingerprint density at radius 3 is 1.36 bits per heavy atom. The second kappa shape index (κ2) is 11.2. The van der Waals surface area contributed by atoms with E-state index < -0.39 is 5.41 Å². The standard InChI is InChI=1S/C46H30N4/c1-4-16-31(17-5-1)43-47-44(32-18-6-2-7-19-32)49-45(48-43)33-28-29-36-35-22-10-11-23-37(35)46(40(36)30-33)38-24-12-14-26-41(38)50(34-20-8-3-9-21-34)42-27-15-13-25-39(42)46/h1-30H. The van der Waals surface area contributed by atoms with Crippen LogP contribution in [0.15, 0.2) is 182 Å². The maximum atomic E-state index is 5.12. The number of nitrogens with zero attached hydrogens (tertiary/aromatic N) is 4. The predicted octanol–water partition coefficient (Wildman–Crippen LogP) is 11.0. The highest BCUT2D eigenvalue weighted by molar-refractivity contribution is 5.96. The number of anilines is 3. The van der Waals surface area contributed by atoms with Crippen molar-refractivity contribution in [2.45, 2.75) is 5.41 Å². The molecule has 2 aliphatic rings. The summed E-state index contributed by atoms with van der Waals surface area (Å²) in [4.78, 5) is 17.6. The Morgan fingerprint density at radius 1 is 0.340 bits per heavy atom. The Morgan fingerprint density at radius 2 is 0.780 bits per heavy atom. The molecule has 4 nitrogen and oxygen atoms in total. The fourth-order valence-electron chi connectivity index (χ4n) is 8.04. The number of benzene rings is 7. The first-order chi connectivity index (χ1) is 24.8. The minimum Gasteiger partial charge on any atom is -0.310 e. The smallest absolute Gasteiger partial charge is 0.164 e. The molecule has 0 bridgehead atoms. The molecule has 0 atom stereocenters. The summed E-state index contributed by atoms with van der Waals surface area (Å²) in [6.07, 6.45) is 0. The topological polar surface area (TPSA) is 41.9 Å². The Labute approximate surface area is 291 Å². The average molecular weight is 639 g/mol. The van der Waals surface area contributed by atoms with Gasteiger partial charge in [-0.1, -0.05) is 152 Å². The molecule has 1 aliphatic heterocycles. The molecule has 0 unspecified atom stereocenters. The summed E-state index contributed by atoms with van der Waals surface area (Å²) >= 11 is 0. The minimum atomic E-state index is -0.558. The van der Waals surface area contributed by atoms with E-state index in [9.17, 15) is 0 Å². The van der Waals surface area contributed by atoms with Gasteiger partial charge < -0.3 is 4.90 Å². The molecule has 7 aromatic carbocycles. The minimum absolute atomic E-state index is 0.558. The van der Waals surface area contributed by atoms with Gasteiger partial charge in [-0.05, 0) is 63.7 Å². The van der Waals surface area contributed by atoms with Crippen molar-refractivity contribution in [3.8, 4) is 45.3 Å². The first kappa shape index (κ1) is 28.4. The van der Waals surface area contributed by atoms with Gasteiger partial charge in [0.05, 0.1) is 16.8 Å². The summed E-state index contributed by atoms with van der Waals surface area (Å²) in [5, 5.41) is 0. The van der Waals surface area contributed by atoms with Crippen molar-refractivity contribution in [1.82, 2.24) is 15.0 Å². The fourth-order valence-corrected chi connectivity index (χ4v) is 8.04. The second-order valence-electron chi connectivity index (χ2n) is 12.8. The number of hydrogen-bond acceptors (Lipinski definition) is 4. The zero-order valence-electron chi connectivity index (χ0n) is 27.1. The molecule has 0 N–H and O–H groups in total. The number of hydrogen-bond donors (Lipinski definition) is 0. The molecule has 4 heteroatoms. The van der Waals surface area contributed by atoms with Gasteiger partial charge in [0, 0.05) is 22.4 Å². The number of rotatable bonds is 4. The van der Waals surface area contributed by atoms with Crippen LogP contribution in [0.25, 0.3) is 45.3 Å². The molecule has 0 fully saturated rings. The highest BCUT2D eigenvalue weighted by Crippen LogP contribution is 2.63. The summed E-state index contributed by atoms with van der Waals surface area (Å²) in [7, 11) is 0. The van der Waals surface area contributed by atoms with Crippen molar-refractivity contribution in [1.29, 1.82) is 0 Å². The van der Waals surface area contributed by atoms with Crippen molar-refractivity contribution in [2.24, 2.45) is 0 Å². The van der Waals surface area contributed by atoms with Gasteiger partial charge in [0.25, 0.3) is 0 Å². The zero-order chi connectivity index (χ0) is 33.1. The van der Waals surface area contributed by atoms with Crippen LogP contribution >= 0.6 is 0 Å². The van der Waals surface area contributed by atoms with Crippen molar-refractivity contribution >= 4 is 17.1 Å². The summed E-state index contributed by atoms with van der Waals surface area (Å²) in [6, 6.07) is 64.4. The normalized spacial score (nSPS) is 13.3. The summed E-state index contributed by atoms with van der Waals surface area (Å²) in [6.45, 7) is 0. The molecule has 2 heterocycles. The third-order valence-electron chi connectivity index (χ3n) is 10.1. The summed E-state index contributed by atoms with van der Waals surface area (Å²) < 4.78 is 0. The van der Waals surface area contributed by atoms with E-state index in [0.29, 0.717) is 17.5 Å². The molecular formula is C46H30N4. The summed E-state index contributed by atoms with van der Waals surface area (Å²) in [5.74, 6) is 1.95. The third kappa shape index (κ3) is 4.15. The van der Waals surface area contributed by atoms with Crippen LogP contribution in [0.5, 0.6) is 0 Å². The average Bonchev–Trinajstić information content (AvgIpc) is 3.49. The monoisotopic (exact) mass is 638 g/mol. The van der Waals surface area contributed by atoms with Gasteiger partial charge in [-0.25, -0.2) is 15.0 Å². The molecule has 0 amide bonds. The SMILES string of the molecule is c1ccc(-c2nc(-c3ccccc3)nc(-c3ccc4c(c3)C3(c5ccccc5-4)c4ccccc4N(c4ccccc4)c4ccccc43)n2)cc1. The molecule has 1 aliphatic carbocycles. The highest BCUT2D eigenvalue weighted by Gasteiger charge is 2.51. The third-order valence-corrected chi connectivity index (χ3v) is 10.1. The Balaban J connectivity index is 1.26. The molecule has 50 heavy (non-hydrogen) atoms. The van der Waals surface area contributed by atoms with E-state index in [1.807, 2.05) is 36.4 Å². The molecule has 234 valence electrons. The molecule has 0 radical (unpaired) electrons. The van der Waals surface area contributed by atoms with Gasteiger partial charge in [0.1, 0.15) is 0 Å². The van der Waals surface area contributed by atoms with Gasteiger partial charge in [-0.15, -0.1) is 0 Å². The Kier molecular flexibility index (Phi) is 6.36. The molecule has 0 saturated heterocycles. The van der Waals surface area contributed by atoms with Crippen molar-refractivity contribution < 1.29 is 0 Å². The van der Waals surface area contributed by atoms with Gasteiger partial charge in [0.2, 0.25) is 0 Å². The van der Waals surface area contributed by atoms with Crippen LogP contribution < -0.4 is 4.90 Å². The highest BCUT2D eigenvalue weighted by atomic mass is 15.2. The lowest BCUT2D eigenvalue weighted by Crippen LogP contribution is -2.36. The van der Waals surface area contributed by atoms with E-state index in [1.54, 1.807) is 0 Å². The number of aromatic nitrogens is 3. The quantitative estimate of drug-likeness (QED) is 0.192. The molecule has 0 saturated carbocycles. The lowest BCUT2D eigenvalue weighted by atomic mass is 9.64. The van der Waals surface area contributed by atoms with Crippen LogP contribution in [-0.4, -0.2) is 15.0 Å². The molecular weight excluding hydrogens is 609 g/mol. The van der Waals surface area contributed by atoms with E-state index in [0.717, 1.165) is 22.4 Å². The van der Waals surface area contributed by atoms with Crippen molar-refractivity contribution in [3.63, 3.8) is 0 Å². The zero-order valence-corrected chi connectivity index (χ0v) is 27.1. The second-order valence-corrected chi connectivity index (χ2v) is 12.8. The molecule has 10 rings (SSSR count). The van der Waals surface area contributed by atoms with Gasteiger partial charge in [-0.2, -0.15) is 0 Å². The van der Waals surface area contributed by atoms with E-state index in [4.69, 9.17) is 15.0 Å². The van der Waals surface area contributed by atoms with E-state index in [1.165, 1.54) is 44.8 Å². The number of fused-ring (bicyclic) bond motifs is 9.